The van der Waals surface area contributed by atoms with Crippen LogP contribution in [0.3, 0.4) is 0 Å². The molecule has 9 heteroatoms. The van der Waals surface area contributed by atoms with Crippen LogP contribution in [0.4, 0.5) is 15.8 Å². The van der Waals surface area contributed by atoms with E-state index in [2.05, 4.69) is 15.6 Å². The Morgan fingerprint density at radius 1 is 1.16 bits per heavy atom. The van der Waals surface area contributed by atoms with Crippen LogP contribution in [0, 0.1) is 5.82 Å². The lowest BCUT2D eigenvalue weighted by atomic mass is 10.1. The van der Waals surface area contributed by atoms with E-state index in [9.17, 15) is 4.39 Å². The first-order valence-corrected chi connectivity index (χ1v) is 10.0. The van der Waals surface area contributed by atoms with Crippen molar-refractivity contribution in [3.63, 3.8) is 0 Å². The first kappa shape index (κ1) is 25.0. The Morgan fingerprint density at radius 2 is 1.94 bits per heavy atom. The van der Waals surface area contributed by atoms with Crippen LogP contribution in [-0.2, 0) is 11.3 Å². The summed E-state index contributed by atoms with van der Waals surface area (Å²) in [5.74, 6) is 1.67. The van der Waals surface area contributed by atoms with Crippen LogP contribution < -0.4 is 25.0 Å². The van der Waals surface area contributed by atoms with E-state index < -0.39 is 0 Å². The SMILES string of the molecule is CCOc1cc(NC(=NC)NCc2ccc(N3CCOCC3)c(F)c2)ccc1OC.I. The summed E-state index contributed by atoms with van der Waals surface area (Å²) in [4.78, 5) is 6.25. The van der Waals surface area contributed by atoms with Gasteiger partial charge in [-0.15, -0.1) is 24.0 Å². The van der Waals surface area contributed by atoms with E-state index in [1.165, 1.54) is 0 Å². The van der Waals surface area contributed by atoms with E-state index in [4.69, 9.17) is 14.2 Å². The Hall–Kier alpha value is -2.27. The highest BCUT2D eigenvalue weighted by Crippen LogP contribution is 2.30. The van der Waals surface area contributed by atoms with Gasteiger partial charge in [-0.25, -0.2) is 4.39 Å². The molecule has 2 N–H and O–H groups in total. The average molecular weight is 544 g/mol. The van der Waals surface area contributed by atoms with Gasteiger partial charge in [-0.05, 0) is 36.8 Å². The van der Waals surface area contributed by atoms with Crippen LogP contribution in [-0.4, -0.2) is 53.0 Å². The number of methoxy groups -OCH3 is 1. The van der Waals surface area contributed by atoms with Gasteiger partial charge >= 0.3 is 0 Å². The van der Waals surface area contributed by atoms with Crippen molar-refractivity contribution in [3.05, 3.63) is 47.8 Å². The summed E-state index contributed by atoms with van der Waals surface area (Å²) in [5, 5.41) is 6.42. The number of rotatable bonds is 7. The van der Waals surface area contributed by atoms with Crippen molar-refractivity contribution in [2.24, 2.45) is 4.99 Å². The van der Waals surface area contributed by atoms with Gasteiger partial charge in [0.05, 0.1) is 32.6 Å². The molecule has 7 nitrogen and oxygen atoms in total. The van der Waals surface area contributed by atoms with Gasteiger partial charge in [0.25, 0.3) is 0 Å². The zero-order chi connectivity index (χ0) is 21.3. The number of nitrogens with one attached hydrogen (secondary N) is 2. The van der Waals surface area contributed by atoms with Gasteiger partial charge in [0, 0.05) is 38.4 Å². The molecular formula is C22H30FIN4O3. The maximum atomic E-state index is 14.6. The molecule has 2 aromatic rings. The fourth-order valence-electron chi connectivity index (χ4n) is 3.25. The largest absolute Gasteiger partial charge is 0.493 e. The third-order valence-electron chi connectivity index (χ3n) is 4.77. The van der Waals surface area contributed by atoms with Crippen molar-refractivity contribution in [2.45, 2.75) is 13.5 Å². The van der Waals surface area contributed by atoms with Crippen molar-refractivity contribution in [1.29, 1.82) is 0 Å². The predicted molar refractivity (Wildman–Crippen MR) is 133 cm³/mol. The number of hydrogen-bond donors (Lipinski definition) is 2. The molecule has 0 amide bonds. The molecule has 0 aromatic heterocycles. The number of benzene rings is 2. The van der Waals surface area contributed by atoms with Gasteiger partial charge < -0.3 is 29.7 Å². The third kappa shape index (κ3) is 6.86. The van der Waals surface area contributed by atoms with Crippen molar-refractivity contribution in [1.82, 2.24) is 5.32 Å². The fourth-order valence-corrected chi connectivity index (χ4v) is 3.25. The summed E-state index contributed by atoms with van der Waals surface area (Å²) in [6, 6.07) is 10.9. The monoisotopic (exact) mass is 544 g/mol. The first-order valence-electron chi connectivity index (χ1n) is 10.0. The van der Waals surface area contributed by atoms with Crippen LogP contribution in [0.15, 0.2) is 41.4 Å². The summed E-state index contributed by atoms with van der Waals surface area (Å²) in [6.07, 6.45) is 0. The number of ether oxygens (including phenoxy) is 3. The van der Waals surface area contributed by atoms with Crippen molar-refractivity contribution in [2.75, 3.05) is 57.3 Å². The molecule has 2 aromatic carbocycles. The number of guanidine groups is 1. The molecule has 0 unspecified atom stereocenters. The lowest BCUT2D eigenvalue weighted by molar-refractivity contribution is 0.122. The minimum atomic E-state index is -0.226. The smallest absolute Gasteiger partial charge is 0.195 e. The van der Waals surface area contributed by atoms with Crippen molar-refractivity contribution >= 4 is 41.3 Å². The maximum absolute atomic E-state index is 14.6. The minimum absolute atomic E-state index is 0. The second-order valence-corrected chi connectivity index (χ2v) is 6.73. The van der Waals surface area contributed by atoms with E-state index in [0.29, 0.717) is 62.6 Å². The Kier molecular flexibility index (Phi) is 10.1. The predicted octanol–water partition coefficient (Wildman–Crippen LogP) is 3.88. The van der Waals surface area contributed by atoms with Crippen LogP contribution in [0.2, 0.25) is 0 Å². The lowest BCUT2D eigenvalue weighted by Gasteiger charge is -2.29. The van der Waals surface area contributed by atoms with Gasteiger partial charge in [-0.2, -0.15) is 0 Å². The number of anilines is 2. The molecule has 0 aliphatic carbocycles. The van der Waals surface area contributed by atoms with E-state index in [1.807, 2.05) is 42.2 Å². The minimum Gasteiger partial charge on any atom is -0.493 e. The Bertz CT molecular complexity index is 876. The standard InChI is InChI=1S/C22H29FN4O3.HI/c1-4-30-21-14-17(6-8-20(21)28-3)26-22(24-2)25-15-16-5-7-19(18(23)13-16)27-9-11-29-12-10-27;/h5-8,13-14H,4,9-12,15H2,1-3H3,(H2,24,25,26);1H. The van der Waals surface area contributed by atoms with Gasteiger partial charge in [0.1, 0.15) is 5.82 Å². The molecule has 0 spiro atoms. The summed E-state index contributed by atoms with van der Waals surface area (Å²) in [6.45, 7) is 5.56. The van der Waals surface area contributed by atoms with Crippen LogP contribution in [0.25, 0.3) is 0 Å². The molecule has 1 aliphatic rings. The topological polar surface area (TPSA) is 67.4 Å². The van der Waals surface area contributed by atoms with Crippen LogP contribution in [0.5, 0.6) is 11.5 Å². The zero-order valence-electron chi connectivity index (χ0n) is 18.1. The quantitative estimate of drug-likeness (QED) is 0.314. The van der Waals surface area contributed by atoms with Crippen molar-refractivity contribution < 1.29 is 18.6 Å². The molecule has 1 heterocycles. The van der Waals surface area contributed by atoms with E-state index in [0.717, 1.165) is 11.3 Å². The van der Waals surface area contributed by atoms with Gasteiger partial charge in [0.15, 0.2) is 17.5 Å². The highest BCUT2D eigenvalue weighted by Gasteiger charge is 2.15. The van der Waals surface area contributed by atoms with Gasteiger partial charge in [0.2, 0.25) is 0 Å². The van der Waals surface area contributed by atoms with Crippen molar-refractivity contribution in [3.8, 4) is 11.5 Å². The van der Waals surface area contributed by atoms with E-state index >= 15 is 0 Å². The maximum Gasteiger partial charge on any atom is 0.195 e. The number of nitrogens with zero attached hydrogens (tertiary/aromatic N) is 2. The highest BCUT2D eigenvalue weighted by atomic mass is 127. The number of morpholine rings is 1. The number of aliphatic imine (C=N–C) groups is 1. The van der Waals surface area contributed by atoms with Crippen LogP contribution >= 0.6 is 24.0 Å². The fraction of sp³-hybridized carbons (Fsp3) is 0.409. The molecule has 0 atom stereocenters. The summed E-state index contributed by atoms with van der Waals surface area (Å²) < 4.78 is 30.8. The molecule has 0 radical (unpaired) electrons. The van der Waals surface area contributed by atoms with Gasteiger partial charge in [-0.3, -0.25) is 4.99 Å². The van der Waals surface area contributed by atoms with E-state index in [1.54, 1.807) is 20.2 Å². The normalized spacial score (nSPS) is 13.9. The Morgan fingerprint density at radius 3 is 2.58 bits per heavy atom. The average Bonchev–Trinajstić information content (AvgIpc) is 2.77. The summed E-state index contributed by atoms with van der Waals surface area (Å²) in [5.41, 5.74) is 2.25. The molecule has 1 fully saturated rings. The molecule has 1 aliphatic heterocycles. The Balaban J connectivity index is 0.00000341. The molecule has 1 saturated heterocycles. The third-order valence-corrected chi connectivity index (χ3v) is 4.77. The number of halogens is 2. The summed E-state index contributed by atoms with van der Waals surface area (Å²) >= 11 is 0. The van der Waals surface area contributed by atoms with Crippen LogP contribution in [0.1, 0.15) is 12.5 Å². The molecule has 3 rings (SSSR count). The zero-order valence-corrected chi connectivity index (χ0v) is 20.4. The highest BCUT2D eigenvalue weighted by molar-refractivity contribution is 14.0. The Labute approximate surface area is 200 Å². The number of hydrogen-bond acceptors (Lipinski definition) is 5. The second-order valence-electron chi connectivity index (χ2n) is 6.73. The molecule has 170 valence electrons. The first-order chi connectivity index (χ1) is 14.6. The lowest BCUT2D eigenvalue weighted by Crippen LogP contribution is -2.36. The van der Waals surface area contributed by atoms with Gasteiger partial charge in [-0.1, -0.05) is 6.07 Å². The summed E-state index contributed by atoms with van der Waals surface area (Å²) in [7, 11) is 3.29. The second kappa shape index (κ2) is 12.6. The molecule has 0 bridgehead atoms. The molecular weight excluding hydrogens is 514 g/mol. The van der Waals surface area contributed by atoms with E-state index in [-0.39, 0.29) is 29.8 Å². The molecule has 0 saturated carbocycles. The molecule has 31 heavy (non-hydrogen) atoms.